The maximum absolute atomic E-state index is 12.1. The first kappa shape index (κ1) is 15.4. The number of amides is 1. The zero-order chi connectivity index (χ0) is 13.4. The van der Waals surface area contributed by atoms with E-state index in [1.165, 1.54) is 0 Å². The van der Waals surface area contributed by atoms with Crippen LogP contribution in [-0.2, 0) is 9.53 Å². The summed E-state index contributed by atoms with van der Waals surface area (Å²) in [5.41, 5.74) is 0. The highest BCUT2D eigenvalue weighted by Crippen LogP contribution is 2.11. The van der Waals surface area contributed by atoms with Gasteiger partial charge in [0.15, 0.2) is 0 Å². The summed E-state index contributed by atoms with van der Waals surface area (Å²) < 4.78 is 5.58. The normalized spacial score (nSPS) is 20.8. The molecule has 0 saturated carbocycles. The van der Waals surface area contributed by atoms with Crippen molar-refractivity contribution in [3.05, 3.63) is 0 Å². The topological polar surface area (TPSA) is 41.6 Å². The number of hydrogen-bond acceptors (Lipinski definition) is 3. The number of hydrogen-bond donors (Lipinski definition) is 1. The van der Waals surface area contributed by atoms with Crippen molar-refractivity contribution in [1.82, 2.24) is 10.2 Å². The monoisotopic (exact) mass is 256 g/mol. The largest absolute Gasteiger partial charge is 0.380 e. The van der Waals surface area contributed by atoms with Gasteiger partial charge in [-0.3, -0.25) is 4.79 Å². The molecule has 0 radical (unpaired) electrons. The third-order valence-electron chi connectivity index (χ3n) is 3.33. The van der Waals surface area contributed by atoms with Crippen molar-refractivity contribution in [2.75, 3.05) is 32.8 Å². The molecular weight excluding hydrogens is 228 g/mol. The van der Waals surface area contributed by atoms with E-state index in [0.29, 0.717) is 12.5 Å². The molecule has 1 heterocycles. The highest BCUT2D eigenvalue weighted by atomic mass is 16.5. The zero-order valence-electron chi connectivity index (χ0n) is 12.1. The predicted molar refractivity (Wildman–Crippen MR) is 73.6 cm³/mol. The van der Waals surface area contributed by atoms with Gasteiger partial charge >= 0.3 is 0 Å². The van der Waals surface area contributed by atoms with Crippen LogP contribution < -0.4 is 5.32 Å². The second-order valence-electron chi connectivity index (χ2n) is 5.37. The summed E-state index contributed by atoms with van der Waals surface area (Å²) in [7, 11) is 0. The van der Waals surface area contributed by atoms with Gasteiger partial charge in [0.25, 0.3) is 0 Å². The third-order valence-corrected chi connectivity index (χ3v) is 3.33. The number of likely N-dealkylation sites (N-methyl/N-ethyl adjacent to an activating group) is 1. The lowest BCUT2D eigenvalue weighted by atomic mass is 10.0. The van der Waals surface area contributed by atoms with Crippen LogP contribution in [0.2, 0.25) is 0 Å². The number of nitrogens with one attached hydrogen (secondary N) is 1. The van der Waals surface area contributed by atoms with Crippen LogP contribution in [-0.4, -0.2) is 49.7 Å². The van der Waals surface area contributed by atoms with Gasteiger partial charge in [0.05, 0.1) is 12.6 Å². The highest BCUT2D eigenvalue weighted by Gasteiger charge is 2.27. The Morgan fingerprint density at radius 3 is 2.89 bits per heavy atom. The van der Waals surface area contributed by atoms with Crippen LogP contribution in [0.15, 0.2) is 0 Å². The standard InChI is InChI=1S/C14H28N2O2/c1-4-15-13-6-5-8-16(14(13)17)9-11-18-10-7-12(2)3/h12-13,15H,4-11H2,1-3H3. The van der Waals surface area contributed by atoms with E-state index in [2.05, 4.69) is 19.2 Å². The minimum atomic E-state index is 0.0272. The van der Waals surface area contributed by atoms with Gasteiger partial charge in [-0.25, -0.2) is 0 Å². The molecule has 1 aliphatic rings. The Morgan fingerprint density at radius 2 is 2.22 bits per heavy atom. The number of rotatable bonds is 8. The van der Waals surface area contributed by atoms with Crippen LogP contribution >= 0.6 is 0 Å². The zero-order valence-corrected chi connectivity index (χ0v) is 12.1. The van der Waals surface area contributed by atoms with Gasteiger partial charge in [0.2, 0.25) is 5.91 Å². The molecule has 0 spiro atoms. The fourth-order valence-corrected chi connectivity index (χ4v) is 2.19. The second-order valence-corrected chi connectivity index (χ2v) is 5.37. The van der Waals surface area contributed by atoms with Crippen molar-refractivity contribution in [2.45, 2.75) is 46.1 Å². The Kier molecular flexibility index (Phi) is 7.28. The molecule has 0 bridgehead atoms. The first-order valence-electron chi connectivity index (χ1n) is 7.25. The average molecular weight is 256 g/mol. The maximum atomic E-state index is 12.1. The molecule has 4 nitrogen and oxygen atoms in total. The molecule has 0 aromatic carbocycles. The molecule has 1 atom stereocenters. The van der Waals surface area contributed by atoms with Crippen molar-refractivity contribution in [1.29, 1.82) is 0 Å². The summed E-state index contributed by atoms with van der Waals surface area (Å²) in [5.74, 6) is 0.926. The number of piperidine rings is 1. The third kappa shape index (κ3) is 5.36. The SMILES string of the molecule is CCNC1CCCN(CCOCCC(C)C)C1=O. The van der Waals surface area contributed by atoms with E-state index in [0.717, 1.165) is 45.5 Å². The van der Waals surface area contributed by atoms with Gasteiger partial charge in [-0.05, 0) is 31.7 Å². The Balaban J connectivity index is 2.18. The van der Waals surface area contributed by atoms with E-state index >= 15 is 0 Å². The number of carbonyl (C=O) groups excluding carboxylic acids is 1. The Labute approximate surface area is 111 Å². The predicted octanol–water partition coefficient (Wildman–Crippen LogP) is 1.65. The summed E-state index contributed by atoms with van der Waals surface area (Å²) in [6, 6.07) is 0.0272. The van der Waals surface area contributed by atoms with Crippen LogP contribution in [0.3, 0.4) is 0 Å². The fourth-order valence-electron chi connectivity index (χ4n) is 2.19. The molecule has 1 amide bonds. The first-order valence-corrected chi connectivity index (χ1v) is 7.25. The highest BCUT2D eigenvalue weighted by molar-refractivity contribution is 5.82. The lowest BCUT2D eigenvalue weighted by Gasteiger charge is -2.32. The quantitative estimate of drug-likeness (QED) is 0.671. The number of likely N-dealkylation sites (tertiary alicyclic amines) is 1. The molecule has 1 N–H and O–H groups in total. The van der Waals surface area contributed by atoms with E-state index in [9.17, 15) is 4.79 Å². The van der Waals surface area contributed by atoms with Crippen molar-refractivity contribution in [3.8, 4) is 0 Å². The molecule has 1 saturated heterocycles. The fraction of sp³-hybridized carbons (Fsp3) is 0.929. The second kappa shape index (κ2) is 8.48. The van der Waals surface area contributed by atoms with Crippen LogP contribution in [0.25, 0.3) is 0 Å². The summed E-state index contributed by atoms with van der Waals surface area (Å²) >= 11 is 0. The first-order chi connectivity index (χ1) is 8.65. The van der Waals surface area contributed by atoms with Crippen LogP contribution in [0.4, 0.5) is 0 Å². The molecule has 0 aromatic heterocycles. The van der Waals surface area contributed by atoms with Gasteiger partial charge < -0.3 is 15.0 Å². The molecule has 106 valence electrons. The van der Waals surface area contributed by atoms with Crippen molar-refractivity contribution >= 4 is 5.91 Å². The minimum Gasteiger partial charge on any atom is -0.380 e. The van der Waals surface area contributed by atoms with Crippen LogP contribution in [0.5, 0.6) is 0 Å². The Hall–Kier alpha value is -0.610. The van der Waals surface area contributed by atoms with E-state index < -0.39 is 0 Å². The lowest BCUT2D eigenvalue weighted by Crippen LogP contribution is -2.51. The molecule has 1 rings (SSSR count). The van der Waals surface area contributed by atoms with Crippen LogP contribution in [0, 0.1) is 5.92 Å². The molecule has 1 unspecified atom stereocenters. The van der Waals surface area contributed by atoms with E-state index in [1.807, 2.05) is 11.8 Å². The number of carbonyl (C=O) groups is 1. The Morgan fingerprint density at radius 1 is 1.44 bits per heavy atom. The molecule has 1 fully saturated rings. The summed E-state index contributed by atoms with van der Waals surface area (Å²) in [6.07, 6.45) is 3.15. The van der Waals surface area contributed by atoms with Crippen molar-refractivity contribution in [3.63, 3.8) is 0 Å². The molecular formula is C14H28N2O2. The van der Waals surface area contributed by atoms with E-state index in [1.54, 1.807) is 0 Å². The smallest absolute Gasteiger partial charge is 0.239 e. The van der Waals surface area contributed by atoms with Crippen molar-refractivity contribution < 1.29 is 9.53 Å². The summed E-state index contributed by atoms with van der Waals surface area (Å²) in [6.45, 7) is 10.4. The summed E-state index contributed by atoms with van der Waals surface area (Å²) in [4.78, 5) is 14.0. The number of nitrogens with zero attached hydrogens (tertiary/aromatic N) is 1. The lowest BCUT2D eigenvalue weighted by molar-refractivity contribution is -0.136. The van der Waals surface area contributed by atoms with Gasteiger partial charge in [-0.2, -0.15) is 0 Å². The van der Waals surface area contributed by atoms with Gasteiger partial charge in [-0.15, -0.1) is 0 Å². The molecule has 0 aromatic rings. The van der Waals surface area contributed by atoms with E-state index in [4.69, 9.17) is 4.74 Å². The number of ether oxygens (including phenoxy) is 1. The minimum absolute atomic E-state index is 0.0272. The van der Waals surface area contributed by atoms with Crippen LogP contribution in [0.1, 0.15) is 40.0 Å². The van der Waals surface area contributed by atoms with Gasteiger partial charge in [-0.1, -0.05) is 20.8 Å². The average Bonchev–Trinajstić information content (AvgIpc) is 2.33. The molecule has 18 heavy (non-hydrogen) atoms. The van der Waals surface area contributed by atoms with Gasteiger partial charge in [0.1, 0.15) is 0 Å². The molecule has 0 aliphatic carbocycles. The summed E-state index contributed by atoms with van der Waals surface area (Å²) in [5, 5.41) is 3.25. The van der Waals surface area contributed by atoms with Gasteiger partial charge in [0, 0.05) is 19.7 Å². The molecule has 4 heteroatoms. The van der Waals surface area contributed by atoms with E-state index in [-0.39, 0.29) is 11.9 Å². The van der Waals surface area contributed by atoms with Crippen molar-refractivity contribution in [2.24, 2.45) is 5.92 Å². The maximum Gasteiger partial charge on any atom is 0.239 e. The molecule has 1 aliphatic heterocycles. The Bertz CT molecular complexity index is 242.